The second-order valence-corrected chi connectivity index (χ2v) is 5.39. The third-order valence-corrected chi connectivity index (χ3v) is 3.83. The van der Waals surface area contributed by atoms with Crippen molar-refractivity contribution in [2.24, 2.45) is 5.73 Å². The summed E-state index contributed by atoms with van der Waals surface area (Å²) in [5.74, 6) is 0.951. The van der Waals surface area contributed by atoms with E-state index < -0.39 is 0 Å². The van der Waals surface area contributed by atoms with Crippen LogP contribution in [0, 0.1) is 6.92 Å². The van der Waals surface area contributed by atoms with Gasteiger partial charge in [-0.05, 0) is 25.5 Å². The molecule has 0 aliphatic carbocycles. The third kappa shape index (κ3) is 2.86. The Hall–Kier alpha value is -1.46. The van der Waals surface area contributed by atoms with E-state index in [-0.39, 0.29) is 6.04 Å². The summed E-state index contributed by atoms with van der Waals surface area (Å²) in [7, 11) is 2.03. The van der Waals surface area contributed by atoms with Crippen molar-refractivity contribution in [1.82, 2.24) is 9.97 Å². The third-order valence-electron chi connectivity index (χ3n) is 2.91. The number of aryl methyl sites for hydroxylation is 1. The number of thiazole rings is 1. The molecule has 4 nitrogen and oxygen atoms in total. The lowest BCUT2D eigenvalue weighted by Gasteiger charge is -2.18. The molecule has 0 aliphatic heterocycles. The van der Waals surface area contributed by atoms with E-state index >= 15 is 0 Å². The maximum atomic E-state index is 5.81. The fraction of sp³-hybridized carbons (Fsp3) is 0.385. The Morgan fingerprint density at radius 2 is 2.17 bits per heavy atom. The van der Waals surface area contributed by atoms with E-state index in [1.54, 1.807) is 11.3 Å². The van der Waals surface area contributed by atoms with Crippen molar-refractivity contribution >= 4 is 17.2 Å². The first-order valence-electron chi connectivity index (χ1n) is 5.89. The van der Waals surface area contributed by atoms with Crippen LogP contribution in [0.15, 0.2) is 23.8 Å². The van der Waals surface area contributed by atoms with Gasteiger partial charge in [-0.25, -0.2) is 9.97 Å². The first-order valence-corrected chi connectivity index (χ1v) is 6.77. The fourth-order valence-electron chi connectivity index (χ4n) is 1.67. The zero-order valence-corrected chi connectivity index (χ0v) is 11.7. The predicted octanol–water partition coefficient (Wildman–Crippen LogP) is 2.50. The number of hydrogen-bond acceptors (Lipinski definition) is 5. The molecule has 0 saturated carbocycles. The van der Waals surface area contributed by atoms with Crippen LogP contribution in [-0.2, 0) is 6.54 Å². The molecule has 0 amide bonds. The molecule has 0 aliphatic rings. The van der Waals surface area contributed by atoms with E-state index in [4.69, 9.17) is 5.73 Å². The van der Waals surface area contributed by atoms with Crippen molar-refractivity contribution in [3.8, 4) is 0 Å². The molecule has 2 aromatic rings. The highest BCUT2D eigenvalue weighted by Crippen LogP contribution is 2.19. The molecule has 0 spiro atoms. The van der Waals surface area contributed by atoms with Crippen molar-refractivity contribution in [2.75, 3.05) is 11.9 Å². The first kappa shape index (κ1) is 13.0. The maximum Gasteiger partial charge on any atom is 0.128 e. The van der Waals surface area contributed by atoms with Crippen molar-refractivity contribution < 1.29 is 0 Å². The zero-order chi connectivity index (χ0) is 13.1. The van der Waals surface area contributed by atoms with Gasteiger partial charge in [0, 0.05) is 24.2 Å². The number of anilines is 1. The minimum absolute atomic E-state index is 0.0283. The van der Waals surface area contributed by atoms with Crippen LogP contribution in [0.5, 0.6) is 0 Å². The van der Waals surface area contributed by atoms with E-state index in [0.29, 0.717) is 0 Å². The molecule has 0 saturated heterocycles. The minimum Gasteiger partial charge on any atom is -0.354 e. The molecular formula is C13H18N4S. The monoisotopic (exact) mass is 262 g/mol. The molecular weight excluding hydrogens is 244 g/mol. The SMILES string of the molecule is Cc1ncsc1CN(C)c1ccc([C@@H](C)N)cn1. The molecule has 5 heteroatoms. The molecule has 0 unspecified atom stereocenters. The molecule has 0 aromatic carbocycles. The molecule has 96 valence electrons. The van der Waals surface area contributed by atoms with Crippen molar-refractivity contribution in [2.45, 2.75) is 26.4 Å². The van der Waals surface area contributed by atoms with Gasteiger partial charge in [-0.15, -0.1) is 11.3 Å². The van der Waals surface area contributed by atoms with Gasteiger partial charge in [0.2, 0.25) is 0 Å². The molecule has 0 fully saturated rings. The lowest BCUT2D eigenvalue weighted by molar-refractivity contribution is 0.807. The maximum absolute atomic E-state index is 5.81. The Kier molecular flexibility index (Phi) is 3.93. The highest BCUT2D eigenvalue weighted by atomic mass is 32.1. The summed E-state index contributed by atoms with van der Waals surface area (Å²) in [6.07, 6.45) is 1.84. The van der Waals surface area contributed by atoms with Crippen LogP contribution in [0.2, 0.25) is 0 Å². The summed E-state index contributed by atoms with van der Waals surface area (Å²) >= 11 is 1.68. The minimum atomic E-state index is 0.0283. The predicted molar refractivity (Wildman–Crippen MR) is 75.8 cm³/mol. The van der Waals surface area contributed by atoms with E-state index in [0.717, 1.165) is 23.6 Å². The molecule has 1 atom stereocenters. The highest BCUT2D eigenvalue weighted by Gasteiger charge is 2.08. The Labute approximate surface area is 111 Å². The molecule has 18 heavy (non-hydrogen) atoms. The van der Waals surface area contributed by atoms with Crippen molar-refractivity contribution in [3.05, 3.63) is 40.0 Å². The molecule has 2 rings (SSSR count). The molecule has 0 bridgehead atoms. The number of aromatic nitrogens is 2. The van der Waals surface area contributed by atoms with Gasteiger partial charge in [-0.2, -0.15) is 0 Å². The molecule has 2 heterocycles. The van der Waals surface area contributed by atoms with E-state index in [2.05, 4.69) is 14.9 Å². The number of nitrogens with zero attached hydrogens (tertiary/aromatic N) is 3. The molecule has 2 N–H and O–H groups in total. The fourth-order valence-corrected chi connectivity index (χ4v) is 2.50. The molecule has 2 aromatic heterocycles. The van der Waals surface area contributed by atoms with E-state index in [1.165, 1.54) is 4.88 Å². The second kappa shape index (κ2) is 5.46. The van der Waals surface area contributed by atoms with E-state index in [9.17, 15) is 0 Å². The van der Waals surface area contributed by atoms with Gasteiger partial charge in [-0.1, -0.05) is 6.07 Å². The average molecular weight is 262 g/mol. The Bertz CT molecular complexity index is 504. The second-order valence-electron chi connectivity index (χ2n) is 4.46. The quantitative estimate of drug-likeness (QED) is 0.920. The Balaban J connectivity index is 2.09. The highest BCUT2D eigenvalue weighted by molar-refractivity contribution is 7.09. The van der Waals surface area contributed by atoms with E-state index in [1.807, 2.05) is 44.7 Å². The smallest absolute Gasteiger partial charge is 0.128 e. The van der Waals surface area contributed by atoms with Crippen LogP contribution < -0.4 is 10.6 Å². The average Bonchev–Trinajstić information content (AvgIpc) is 2.75. The van der Waals surface area contributed by atoms with Gasteiger partial charge in [0.05, 0.1) is 17.7 Å². The number of pyridine rings is 1. The van der Waals surface area contributed by atoms with Gasteiger partial charge in [0.25, 0.3) is 0 Å². The largest absolute Gasteiger partial charge is 0.354 e. The van der Waals surface area contributed by atoms with Gasteiger partial charge in [-0.3, -0.25) is 0 Å². The lowest BCUT2D eigenvalue weighted by Crippen LogP contribution is -2.17. The zero-order valence-electron chi connectivity index (χ0n) is 10.9. The van der Waals surface area contributed by atoms with Crippen molar-refractivity contribution in [3.63, 3.8) is 0 Å². The van der Waals surface area contributed by atoms with Crippen molar-refractivity contribution in [1.29, 1.82) is 0 Å². The summed E-state index contributed by atoms with van der Waals surface area (Å²) in [4.78, 5) is 12.1. The summed E-state index contributed by atoms with van der Waals surface area (Å²) in [6, 6.07) is 4.07. The summed E-state index contributed by atoms with van der Waals surface area (Å²) < 4.78 is 0. The summed E-state index contributed by atoms with van der Waals surface area (Å²) in [6.45, 7) is 4.83. The number of rotatable bonds is 4. The number of hydrogen-bond donors (Lipinski definition) is 1. The van der Waals surface area contributed by atoms with Crippen LogP contribution in [0.4, 0.5) is 5.82 Å². The van der Waals surface area contributed by atoms with Crippen LogP contribution >= 0.6 is 11.3 Å². The summed E-state index contributed by atoms with van der Waals surface area (Å²) in [5, 5.41) is 0. The standard InChI is InChI=1S/C13H18N4S/c1-9(14)11-4-5-13(15-6-11)17(3)7-12-10(2)16-8-18-12/h4-6,8-9H,7,14H2,1-3H3/t9-/m1/s1. The number of nitrogens with two attached hydrogens (primary N) is 1. The molecule has 0 radical (unpaired) electrons. The van der Waals surface area contributed by atoms with Crippen LogP contribution in [-0.4, -0.2) is 17.0 Å². The lowest BCUT2D eigenvalue weighted by atomic mass is 10.1. The van der Waals surface area contributed by atoms with Gasteiger partial charge < -0.3 is 10.6 Å². The van der Waals surface area contributed by atoms with Crippen LogP contribution in [0.1, 0.15) is 29.1 Å². The van der Waals surface area contributed by atoms with Gasteiger partial charge >= 0.3 is 0 Å². The van der Waals surface area contributed by atoms with Crippen LogP contribution in [0.3, 0.4) is 0 Å². The Morgan fingerprint density at radius 1 is 1.39 bits per heavy atom. The van der Waals surface area contributed by atoms with Gasteiger partial charge in [0.1, 0.15) is 5.82 Å². The first-order chi connectivity index (χ1) is 8.58. The van der Waals surface area contributed by atoms with Crippen LogP contribution in [0.25, 0.3) is 0 Å². The van der Waals surface area contributed by atoms with Gasteiger partial charge in [0.15, 0.2) is 0 Å². The topological polar surface area (TPSA) is 55.0 Å². The summed E-state index contributed by atoms with van der Waals surface area (Å²) in [5.41, 5.74) is 9.84. The normalized spacial score (nSPS) is 12.4. The Morgan fingerprint density at radius 3 is 2.67 bits per heavy atom.